The summed E-state index contributed by atoms with van der Waals surface area (Å²) in [6, 6.07) is 0. The Labute approximate surface area is 188 Å². The molecule has 3 aliphatic heterocycles. The molecule has 0 aromatic heterocycles. The van der Waals surface area contributed by atoms with Gasteiger partial charge in [0.1, 0.15) is 31.9 Å². The number of methoxy groups -OCH3 is 2. The Morgan fingerprint density at radius 2 is 1.70 bits per heavy atom. The molecule has 4 rings (SSSR count). The normalized spacial score (nSPS) is 34.4. The number of ether oxygens (including phenoxy) is 7. The topological polar surface area (TPSA) is 64.6 Å². The third-order valence-corrected chi connectivity index (χ3v) is 9.48. The second-order valence-electron chi connectivity index (χ2n) is 8.44. The van der Waals surface area contributed by atoms with E-state index in [1.807, 2.05) is 23.5 Å². The van der Waals surface area contributed by atoms with Crippen LogP contribution in [-0.4, -0.2) is 80.4 Å². The van der Waals surface area contributed by atoms with Gasteiger partial charge in [0.2, 0.25) is 0 Å². The summed E-state index contributed by atoms with van der Waals surface area (Å²) in [5.41, 5.74) is 0. The summed E-state index contributed by atoms with van der Waals surface area (Å²) in [6.07, 6.45) is 7.60. The maximum atomic E-state index is 6.80. The van der Waals surface area contributed by atoms with Gasteiger partial charge in [0, 0.05) is 27.1 Å². The zero-order valence-corrected chi connectivity index (χ0v) is 19.8. The molecule has 0 radical (unpaired) electrons. The highest BCUT2D eigenvalue weighted by Gasteiger charge is 2.53. The van der Waals surface area contributed by atoms with Crippen LogP contribution in [0.3, 0.4) is 0 Å². The molecule has 0 amide bonds. The quantitative estimate of drug-likeness (QED) is 0.500. The van der Waals surface area contributed by atoms with Crippen molar-refractivity contribution in [2.75, 3.05) is 45.9 Å². The van der Waals surface area contributed by atoms with Gasteiger partial charge in [-0.15, -0.1) is 23.5 Å². The van der Waals surface area contributed by atoms with Crippen LogP contribution in [0.4, 0.5) is 0 Å². The summed E-state index contributed by atoms with van der Waals surface area (Å²) in [4.78, 5) is 0. The van der Waals surface area contributed by atoms with Gasteiger partial charge in [-0.05, 0) is 43.6 Å². The van der Waals surface area contributed by atoms with Crippen molar-refractivity contribution < 1.29 is 33.2 Å². The summed E-state index contributed by atoms with van der Waals surface area (Å²) in [5, 5.41) is 0. The molecule has 0 unspecified atom stereocenters. The smallest absolute Gasteiger partial charge is 0.169 e. The van der Waals surface area contributed by atoms with Crippen molar-refractivity contribution in [3.63, 3.8) is 0 Å². The number of rotatable bonds is 8. The minimum atomic E-state index is -0.457. The van der Waals surface area contributed by atoms with Crippen LogP contribution < -0.4 is 0 Å². The van der Waals surface area contributed by atoms with Crippen LogP contribution >= 0.6 is 23.5 Å². The first-order chi connectivity index (χ1) is 14.7. The maximum absolute atomic E-state index is 6.80. The minimum absolute atomic E-state index is 0.118. The lowest BCUT2D eigenvalue weighted by molar-refractivity contribution is -0.247. The van der Waals surface area contributed by atoms with Crippen molar-refractivity contribution in [3.8, 4) is 0 Å². The Kier molecular flexibility index (Phi) is 8.67. The van der Waals surface area contributed by atoms with Crippen LogP contribution in [0.5, 0.6) is 0 Å². The van der Waals surface area contributed by atoms with E-state index in [4.69, 9.17) is 33.2 Å². The number of thioether (sulfide) groups is 2. The van der Waals surface area contributed by atoms with E-state index in [0.717, 1.165) is 50.0 Å². The molecule has 0 aromatic carbocycles. The van der Waals surface area contributed by atoms with Crippen LogP contribution in [-0.2, 0) is 33.2 Å². The van der Waals surface area contributed by atoms with Crippen molar-refractivity contribution in [1.29, 1.82) is 0 Å². The van der Waals surface area contributed by atoms with E-state index in [1.165, 1.54) is 12.8 Å². The summed E-state index contributed by atoms with van der Waals surface area (Å²) in [5.74, 6) is 1.79. The Bertz CT molecular complexity index is 525. The van der Waals surface area contributed by atoms with Crippen molar-refractivity contribution in [2.45, 2.75) is 85.8 Å². The highest BCUT2D eigenvalue weighted by molar-refractivity contribution is 8.18. The van der Waals surface area contributed by atoms with Crippen molar-refractivity contribution >= 4 is 23.5 Å². The molecule has 0 N–H and O–H groups in total. The highest BCUT2D eigenvalue weighted by atomic mass is 32.2. The lowest BCUT2D eigenvalue weighted by atomic mass is 9.94. The van der Waals surface area contributed by atoms with E-state index >= 15 is 0 Å². The molecule has 4 atom stereocenters. The molecular formula is C21H36O7S2. The molecule has 4 fully saturated rings. The van der Waals surface area contributed by atoms with Crippen molar-refractivity contribution in [2.24, 2.45) is 0 Å². The van der Waals surface area contributed by atoms with E-state index in [2.05, 4.69) is 0 Å². The van der Waals surface area contributed by atoms with E-state index in [9.17, 15) is 0 Å². The first-order valence-corrected chi connectivity index (χ1v) is 13.1. The molecular weight excluding hydrogens is 428 g/mol. The van der Waals surface area contributed by atoms with Gasteiger partial charge in [-0.3, -0.25) is 0 Å². The van der Waals surface area contributed by atoms with Gasteiger partial charge < -0.3 is 33.2 Å². The van der Waals surface area contributed by atoms with E-state index in [-0.39, 0.29) is 42.3 Å². The molecule has 3 heterocycles. The lowest BCUT2D eigenvalue weighted by Gasteiger charge is -2.48. The fourth-order valence-electron chi connectivity index (χ4n) is 4.86. The van der Waals surface area contributed by atoms with E-state index in [0.29, 0.717) is 6.61 Å². The van der Waals surface area contributed by atoms with Crippen LogP contribution in [0, 0.1) is 0 Å². The molecule has 1 saturated carbocycles. The van der Waals surface area contributed by atoms with Gasteiger partial charge in [-0.25, -0.2) is 0 Å². The predicted octanol–water partition coefficient (Wildman–Crippen LogP) is 3.74. The molecule has 0 aromatic rings. The summed E-state index contributed by atoms with van der Waals surface area (Å²) in [6.45, 7) is 0.932. The molecule has 174 valence electrons. The standard InChI is InChI=1S/C21H36O7S2/c1-22-14-24-16-7-10-21(29-11-6-12-30-21)28-19(16)18(25-15-23-2)17-13-26-20(27-17)8-4-3-5-9-20/h16-19H,3-15H2,1-2H3/t16-,17+,18+,19+/m0/s1. The zero-order valence-electron chi connectivity index (χ0n) is 18.2. The molecule has 1 aliphatic carbocycles. The molecule has 7 nitrogen and oxygen atoms in total. The van der Waals surface area contributed by atoms with Crippen molar-refractivity contribution in [3.05, 3.63) is 0 Å². The third kappa shape index (κ3) is 5.48. The largest absolute Gasteiger partial charge is 0.359 e. The maximum Gasteiger partial charge on any atom is 0.169 e. The highest BCUT2D eigenvalue weighted by Crippen LogP contribution is 2.51. The number of hydrogen-bond acceptors (Lipinski definition) is 9. The lowest BCUT2D eigenvalue weighted by Crippen LogP contribution is -2.56. The fourth-order valence-corrected chi connectivity index (χ4v) is 7.96. The Morgan fingerprint density at radius 1 is 0.933 bits per heavy atom. The van der Waals surface area contributed by atoms with Crippen LogP contribution in [0.1, 0.15) is 51.4 Å². The Hall–Kier alpha value is 0.420. The second kappa shape index (κ2) is 11.0. The average molecular weight is 465 g/mol. The molecule has 2 spiro atoms. The van der Waals surface area contributed by atoms with Gasteiger partial charge in [0.15, 0.2) is 10.1 Å². The SMILES string of the molecule is COCO[C@@H]([C@@H]1OC2(CC[C@@H]1OCOC)SCCCS2)[C@H]1COC2(CCCCC2)O1. The number of hydrogen-bond donors (Lipinski definition) is 0. The van der Waals surface area contributed by atoms with Gasteiger partial charge in [-0.1, -0.05) is 6.42 Å². The molecule has 30 heavy (non-hydrogen) atoms. The molecule has 4 aliphatic rings. The average Bonchev–Trinajstić information content (AvgIpc) is 3.17. The van der Waals surface area contributed by atoms with Gasteiger partial charge >= 0.3 is 0 Å². The van der Waals surface area contributed by atoms with Gasteiger partial charge in [-0.2, -0.15) is 0 Å². The second-order valence-corrected chi connectivity index (χ2v) is 11.4. The van der Waals surface area contributed by atoms with E-state index < -0.39 is 5.79 Å². The molecule has 9 heteroatoms. The van der Waals surface area contributed by atoms with Crippen LogP contribution in [0.2, 0.25) is 0 Å². The summed E-state index contributed by atoms with van der Waals surface area (Å²) in [7, 11) is 3.29. The predicted molar refractivity (Wildman–Crippen MR) is 117 cm³/mol. The summed E-state index contributed by atoms with van der Waals surface area (Å²) >= 11 is 3.83. The van der Waals surface area contributed by atoms with Gasteiger partial charge in [0.25, 0.3) is 0 Å². The van der Waals surface area contributed by atoms with Crippen LogP contribution in [0.15, 0.2) is 0 Å². The molecule has 3 saturated heterocycles. The summed E-state index contributed by atoms with van der Waals surface area (Å²) < 4.78 is 42.1. The van der Waals surface area contributed by atoms with Gasteiger partial charge in [0.05, 0.1) is 12.7 Å². The minimum Gasteiger partial charge on any atom is -0.359 e. The van der Waals surface area contributed by atoms with Crippen LogP contribution in [0.25, 0.3) is 0 Å². The Balaban J connectivity index is 1.52. The first-order valence-electron chi connectivity index (χ1n) is 11.2. The van der Waals surface area contributed by atoms with E-state index in [1.54, 1.807) is 14.2 Å². The fraction of sp³-hybridized carbons (Fsp3) is 1.00. The van der Waals surface area contributed by atoms with Crippen molar-refractivity contribution in [1.82, 2.24) is 0 Å². The molecule has 0 bridgehead atoms. The first kappa shape index (κ1) is 23.6. The zero-order chi connectivity index (χ0) is 20.9. The Morgan fingerprint density at radius 3 is 2.43 bits per heavy atom. The third-order valence-electron chi connectivity index (χ3n) is 6.31. The monoisotopic (exact) mass is 464 g/mol.